The molecule has 19 heavy (non-hydrogen) atoms. The van der Waals surface area contributed by atoms with Gasteiger partial charge in [-0.05, 0) is 36.5 Å². The van der Waals surface area contributed by atoms with E-state index in [0.717, 1.165) is 17.4 Å². The minimum atomic E-state index is 0.598. The number of nitrogens with one attached hydrogen (secondary N) is 1. The molecule has 0 amide bonds. The quantitative estimate of drug-likeness (QED) is 0.929. The van der Waals surface area contributed by atoms with E-state index in [1.54, 1.807) is 0 Å². The monoisotopic (exact) mass is 275 g/mol. The summed E-state index contributed by atoms with van der Waals surface area (Å²) in [6.07, 6.45) is 6.19. The average Bonchev–Trinajstić information content (AvgIpc) is 2.73. The molecule has 1 aromatic heterocycles. The lowest BCUT2D eigenvalue weighted by Crippen LogP contribution is -2.40. The maximum absolute atomic E-state index is 6.03. The number of rotatable bonds is 4. The van der Waals surface area contributed by atoms with Gasteiger partial charge < -0.3 is 9.88 Å². The molecule has 3 nitrogen and oxygen atoms in total. The first-order chi connectivity index (χ1) is 9.22. The van der Waals surface area contributed by atoms with Crippen molar-refractivity contribution in [2.75, 3.05) is 0 Å². The Morgan fingerprint density at radius 3 is 2.95 bits per heavy atom. The van der Waals surface area contributed by atoms with Crippen LogP contribution in [0, 0.1) is 0 Å². The summed E-state index contributed by atoms with van der Waals surface area (Å²) >= 11 is 6.03. The molecule has 2 aromatic rings. The highest BCUT2D eigenvalue weighted by Crippen LogP contribution is 2.37. The Bertz CT molecular complexity index is 558. The Morgan fingerprint density at radius 2 is 2.26 bits per heavy atom. The van der Waals surface area contributed by atoms with Gasteiger partial charge in [0, 0.05) is 30.5 Å². The van der Waals surface area contributed by atoms with Gasteiger partial charge in [-0.2, -0.15) is 0 Å². The minimum absolute atomic E-state index is 0.598. The van der Waals surface area contributed by atoms with E-state index in [2.05, 4.69) is 27.0 Å². The first-order valence-electron chi connectivity index (χ1n) is 6.67. The van der Waals surface area contributed by atoms with Crippen molar-refractivity contribution in [3.05, 3.63) is 53.1 Å². The highest BCUT2D eigenvalue weighted by molar-refractivity contribution is 6.30. The van der Waals surface area contributed by atoms with Crippen LogP contribution in [-0.4, -0.2) is 15.6 Å². The summed E-state index contributed by atoms with van der Waals surface area (Å²) in [6.45, 7) is 0.844. The summed E-state index contributed by atoms with van der Waals surface area (Å²) in [7, 11) is 2.03. The van der Waals surface area contributed by atoms with E-state index >= 15 is 0 Å². The topological polar surface area (TPSA) is 29.9 Å². The fourth-order valence-electron chi connectivity index (χ4n) is 2.62. The molecule has 0 radical (unpaired) electrons. The van der Waals surface area contributed by atoms with E-state index < -0.39 is 0 Å². The minimum Gasteiger partial charge on any atom is -0.337 e. The molecule has 1 aliphatic rings. The van der Waals surface area contributed by atoms with Crippen LogP contribution in [0.5, 0.6) is 0 Å². The lowest BCUT2D eigenvalue weighted by molar-refractivity contribution is 0.286. The van der Waals surface area contributed by atoms with Crippen molar-refractivity contribution in [3.8, 4) is 0 Å². The molecule has 1 aliphatic carbocycles. The van der Waals surface area contributed by atoms with Crippen LogP contribution in [0.3, 0.4) is 0 Å². The van der Waals surface area contributed by atoms with Crippen LogP contribution in [0.2, 0.25) is 5.02 Å². The number of benzene rings is 1. The Balaban J connectivity index is 1.49. The third-order valence-corrected chi connectivity index (χ3v) is 4.16. The lowest BCUT2D eigenvalue weighted by Gasteiger charge is -2.36. The largest absolute Gasteiger partial charge is 0.337 e. The summed E-state index contributed by atoms with van der Waals surface area (Å²) in [4.78, 5) is 4.32. The SMILES string of the molecule is Cn1ccnc1CNC1CC(c2cccc(Cl)c2)C1. The molecular formula is C15H18ClN3. The van der Waals surface area contributed by atoms with Gasteiger partial charge in [-0.25, -0.2) is 4.98 Å². The number of hydrogen-bond acceptors (Lipinski definition) is 2. The van der Waals surface area contributed by atoms with Crippen molar-refractivity contribution in [2.24, 2.45) is 7.05 Å². The molecule has 1 heterocycles. The highest BCUT2D eigenvalue weighted by Gasteiger charge is 2.29. The van der Waals surface area contributed by atoms with Gasteiger partial charge in [-0.3, -0.25) is 0 Å². The average molecular weight is 276 g/mol. The fourth-order valence-corrected chi connectivity index (χ4v) is 2.82. The predicted molar refractivity (Wildman–Crippen MR) is 77.3 cm³/mol. The molecule has 1 fully saturated rings. The Morgan fingerprint density at radius 1 is 1.42 bits per heavy atom. The number of aryl methyl sites for hydroxylation is 1. The maximum Gasteiger partial charge on any atom is 0.122 e. The molecule has 0 atom stereocenters. The van der Waals surface area contributed by atoms with E-state index in [9.17, 15) is 0 Å². The molecule has 0 bridgehead atoms. The van der Waals surface area contributed by atoms with E-state index in [-0.39, 0.29) is 0 Å². The van der Waals surface area contributed by atoms with Gasteiger partial charge in [0.15, 0.2) is 0 Å². The van der Waals surface area contributed by atoms with Gasteiger partial charge >= 0.3 is 0 Å². The zero-order valence-electron chi connectivity index (χ0n) is 11.0. The van der Waals surface area contributed by atoms with Crippen LogP contribution < -0.4 is 5.32 Å². The number of imidazole rings is 1. The second-order valence-corrected chi connectivity index (χ2v) is 5.69. The predicted octanol–water partition coefficient (Wildman–Crippen LogP) is 3.11. The van der Waals surface area contributed by atoms with Gasteiger partial charge in [0.05, 0.1) is 6.54 Å². The Kier molecular flexibility index (Phi) is 3.58. The van der Waals surface area contributed by atoms with Gasteiger partial charge in [-0.1, -0.05) is 23.7 Å². The van der Waals surface area contributed by atoms with Gasteiger partial charge in [-0.15, -0.1) is 0 Å². The summed E-state index contributed by atoms with van der Waals surface area (Å²) < 4.78 is 2.06. The molecule has 1 aromatic carbocycles. The zero-order chi connectivity index (χ0) is 13.2. The van der Waals surface area contributed by atoms with Gasteiger partial charge in [0.2, 0.25) is 0 Å². The first-order valence-corrected chi connectivity index (χ1v) is 7.05. The molecule has 0 aliphatic heterocycles. The molecule has 1 N–H and O–H groups in total. The van der Waals surface area contributed by atoms with Gasteiger partial charge in [0.25, 0.3) is 0 Å². The summed E-state index contributed by atoms with van der Waals surface area (Å²) in [6, 6.07) is 8.82. The molecule has 1 saturated carbocycles. The molecule has 100 valence electrons. The second-order valence-electron chi connectivity index (χ2n) is 5.26. The molecular weight excluding hydrogens is 258 g/mol. The molecule has 0 unspecified atom stereocenters. The summed E-state index contributed by atoms with van der Waals surface area (Å²) in [5, 5.41) is 4.40. The van der Waals surface area contributed by atoms with E-state index in [1.807, 2.05) is 31.6 Å². The van der Waals surface area contributed by atoms with Crippen molar-refractivity contribution >= 4 is 11.6 Å². The molecule has 0 saturated heterocycles. The van der Waals surface area contributed by atoms with Crippen molar-refractivity contribution < 1.29 is 0 Å². The second kappa shape index (κ2) is 5.35. The number of nitrogens with zero attached hydrogens (tertiary/aromatic N) is 2. The first kappa shape index (κ1) is 12.7. The van der Waals surface area contributed by atoms with E-state index in [4.69, 9.17) is 11.6 Å². The van der Waals surface area contributed by atoms with E-state index in [0.29, 0.717) is 12.0 Å². The highest BCUT2D eigenvalue weighted by atomic mass is 35.5. The molecule has 0 spiro atoms. The summed E-state index contributed by atoms with van der Waals surface area (Å²) in [5.41, 5.74) is 1.36. The number of hydrogen-bond donors (Lipinski definition) is 1. The fraction of sp³-hybridized carbons (Fsp3) is 0.400. The van der Waals surface area contributed by atoms with Crippen LogP contribution in [0.15, 0.2) is 36.7 Å². The van der Waals surface area contributed by atoms with Crippen LogP contribution in [-0.2, 0) is 13.6 Å². The van der Waals surface area contributed by atoms with Crippen LogP contribution in [0.4, 0.5) is 0 Å². The smallest absolute Gasteiger partial charge is 0.122 e. The lowest BCUT2D eigenvalue weighted by atomic mass is 9.76. The van der Waals surface area contributed by atoms with Crippen molar-refractivity contribution in [3.63, 3.8) is 0 Å². The normalized spacial score (nSPS) is 22.2. The Labute approximate surface area is 118 Å². The van der Waals surface area contributed by atoms with E-state index in [1.165, 1.54) is 18.4 Å². The van der Waals surface area contributed by atoms with Crippen molar-refractivity contribution in [1.29, 1.82) is 0 Å². The van der Waals surface area contributed by atoms with Crippen LogP contribution in [0.25, 0.3) is 0 Å². The standard InChI is InChI=1S/C15H18ClN3/c1-19-6-5-17-15(19)10-18-14-8-12(9-14)11-3-2-4-13(16)7-11/h2-7,12,14,18H,8-10H2,1H3. The third kappa shape index (κ3) is 2.82. The summed E-state index contributed by atoms with van der Waals surface area (Å²) in [5.74, 6) is 1.74. The maximum atomic E-state index is 6.03. The van der Waals surface area contributed by atoms with Crippen LogP contribution >= 0.6 is 11.6 Å². The molecule has 4 heteroatoms. The molecule has 3 rings (SSSR count). The Hall–Kier alpha value is -1.32. The third-order valence-electron chi connectivity index (χ3n) is 3.93. The van der Waals surface area contributed by atoms with Crippen molar-refractivity contribution in [1.82, 2.24) is 14.9 Å². The number of aromatic nitrogens is 2. The zero-order valence-corrected chi connectivity index (χ0v) is 11.8. The van der Waals surface area contributed by atoms with Crippen LogP contribution in [0.1, 0.15) is 30.1 Å². The van der Waals surface area contributed by atoms with Crippen molar-refractivity contribution in [2.45, 2.75) is 31.3 Å². The van der Waals surface area contributed by atoms with Gasteiger partial charge in [0.1, 0.15) is 5.82 Å². The number of halogens is 1.